The molecular formula is C11H16N2O2S. The van der Waals surface area contributed by atoms with E-state index in [0.29, 0.717) is 17.3 Å². The van der Waals surface area contributed by atoms with E-state index < -0.39 is 0 Å². The van der Waals surface area contributed by atoms with Gasteiger partial charge in [0.05, 0.1) is 17.3 Å². The molecule has 16 heavy (non-hydrogen) atoms. The van der Waals surface area contributed by atoms with Crippen molar-refractivity contribution < 1.29 is 9.90 Å². The van der Waals surface area contributed by atoms with Gasteiger partial charge in [-0.05, 0) is 32.1 Å². The zero-order chi connectivity index (χ0) is 11.5. The molecule has 88 valence electrons. The second kappa shape index (κ2) is 4.93. The first-order chi connectivity index (χ1) is 7.66. The van der Waals surface area contributed by atoms with Crippen LogP contribution in [0.1, 0.15) is 34.6 Å². The normalized spacial score (nSPS) is 24.6. The Bertz CT molecular complexity index is 378. The molecule has 2 rings (SSSR count). The molecule has 5 heteroatoms. The number of aliphatic hydroxyl groups is 1. The highest BCUT2D eigenvalue weighted by Crippen LogP contribution is 2.24. The lowest BCUT2D eigenvalue weighted by molar-refractivity contribution is 0.0948. The van der Waals surface area contributed by atoms with Gasteiger partial charge in [-0.15, -0.1) is 11.3 Å². The van der Waals surface area contributed by atoms with Gasteiger partial charge in [-0.3, -0.25) is 4.79 Å². The van der Waals surface area contributed by atoms with Gasteiger partial charge in [0.2, 0.25) is 0 Å². The predicted molar refractivity (Wildman–Crippen MR) is 62.5 cm³/mol. The lowest BCUT2D eigenvalue weighted by Crippen LogP contribution is -2.28. The largest absolute Gasteiger partial charge is 0.393 e. The number of aryl methyl sites for hydroxylation is 1. The minimum atomic E-state index is -0.174. The second-order valence-corrected chi connectivity index (χ2v) is 5.16. The Hall–Kier alpha value is -0.940. The number of amides is 1. The molecule has 2 atom stereocenters. The molecule has 0 aliphatic heterocycles. The van der Waals surface area contributed by atoms with Crippen LogP contribution >= 0.6 is 11.3 Å². The van der Waals surface area contributed by atoms with Crippen molar-refractivity contribution in [2.45, 2.75) is 32.3 Å². The van der Waals surface area contributed by atoms with E-state index >= 15 is 0 Å². The zero-order valence-electron chi connectivity index (χ0n) is 9.27. The summed E-state index contributed by atoms with van der Waals surface area (Å²) in [4.78, 5) is 16.5. The van der Waals surface area contributed by atoms with Crippen molar-refractivity contribution in [3.63, 3.8) is 0 Å². The van der Waals surface area contributed by atoms with Crippen LogP contribution in [-0.4, -0.2) is 28.6 Å². The highest BCUT2D eigenvalue weighted by Gasteiger charge is 2.23. The first kappa shape index (κ1) is 11.5. The van der Waals surface area contributed by atoms with Crippen LogP contribution in [0.3, 0.4) is 0 Å². The summed E-state index contributed by atoms with van der Waals surface area (Å²) in [7, 11) is 0. The van der Waals surface area contributed by atoms with Crippen LogP contribution < -0.4 is 5.32 Å². The summed E-state index contributed by atoms with van der Waals surface area (Å²) < 4.78 is 0. The summed E-state index contributed by atoms with van der Waals surface area (Å²) in [6.45, 7) is 2.50. The average molecular weight is 240 g/mol. The van der Waals surface area contributed by atoms with Crippen LogP contribution in [0.2, 0.25) is 0 Å². The lowest BCUT2D eigenvalue weighted by atomic mass is 10.1. The van der Waals surface area contributed by atoms with Crippen molar-refractivity contribution >= 4 is 17.2 Å². The molecule has 1 amide bonds. The Balaban J connectivity index is 1.82. The predicted octanol–water partition coefficient (Wildman–Crippen LogP) is 1.34. The van der Waals surface area contributed by atoms with Gasteiger partial charge in [0, 0.05) is 6.54 Å². The number of nitrogens with zero attached hydrogens (tertiary/aromatic N) is 1. The molecule has 0 aromatic carbocycles. The highest BCUT2D eigenvalue weighted by molar-refractivity contribution is 7.11. The van der Waals surface area contributed by atoms with Gasteiger partial charge < -0.3 is 10.4 Å². The van der Waals surface area contributed by atoms with Crippen molar-refractivity contribution in [2.24, 2.45) is 5.92 Å². The fourth-order valence-corrected chi connectivity index (χ4v) is 2.79. The molecule has 0 saturated heterocycles. The fourth-order valence-electron chi connectivity index (χ4n) is 2.07. The van der Waals surface area contributed by atoms with Crippen LogP contribution in [0.4, 0.5) is 0 Å². The number of aliphatic hydroxyl groups excluding tert-OH is 1. The number of aromatic nitrogens is 1. The van der Waals surface area contributed by atoms with Crippen LogP contribution in [0.5, 0.6) is 0 Å². The third-order valence-electron chi connectivity index (χ3n) is 3.02. The van der Waals surface area contributed by atoms with Gasteiger partial charge >= 0.3 is 0 Å². The smallest absolute Gasteiger partial charge is 0.263 e. The van der Waals surface area contributed by atoms with Crippen LogP contribution in [0.15, 0.2) is 5.51 Å². The SMILES string of the molecule is Cc1ncsc1C(=O)NCC1CCC(O)C1. The molecule has 2 unspecified atom stereocenters. The van der Waals surface area contributed by atoms with Gasteiger partial charge in [0.25, 0.3) is 5.91 Å². The Morgan fingerprint density at radius 3 is 3.06 bits per heavy atom. The number of carbonyl (C=O) groups is 1. The number of rotatable bonds is 3. The lowest BCUT2D eigenvalue weighted by Gasteiger charge is -2.10. The van der Waals surface area contributed by atoms with Crippen LogP contribution in [-0.2, 0) is 0 Å². The Morgan fingerprint density at radius 2 is 2.50 bits per heavy atom. The van der Waals surface area contributed by atoms with E-state index in [4.69, 9.17) is 0 Å². The summed E-state index contributed by atoms with van der Waals surface area (Å²) in [6, 6.07) is 0. The highest BCUT2D eigenvalue weighted by atomic mass is 32.1. The molecule has 1 heterocycles. The van der Waals surface area contributed by atoms with E-state index in [2.05, 4.69) is 10.3 Å². The van der Waals surface area contributed by atoms with E-state index in [1.54, 1.807) is 5.51 Å². The summed E-state index contributed by atoms with van der Waals surface area (Å²) in [5.74, 6) is 0.383. The molecule has 0 radical (unpaired) electrons. The third kappa shape index (κ3) is 2.59. The number of hydrogen-bond donors (Lipinski definition) is 2. The Labute approximate surface area is 98.7 Å². The monoisotopic (exact) mass is 240 g/mol. The van der Waals surface area contributed by atoms with Crippen molar-refractivity contribution in [1.82, 2.24) is 10.3 Å². The number of hydrogen-bond acceptors (Lipinski definition) is 4. The summed E-state index contributed by atoms with van der Waals surface area (Å²) >= 11 is 1.37. The van der Waals surface area contributed by atoms with E-state index in [9.17, 15) is 9.90 Å². The molecule has 1 fully saturated rings. The molecule has 2 N–H and O–H groups in total. The summed E-state index contributed by atoms with van der Waals surface area (Å²) in [5.41, 5.74) is 2.47. The van der Waals surface area contributed by atoms with E-state index in [1.807, 2.05) is 6.92 Å². The maximum absolute atomic E-state index is 11.8. The van der Waals surface area contributed by atoms with E-state index in [1.165, 1.54) is 11.3 Å². The molecule has 1 saturated carbocycles. The number of nitrogens with one attached hydrogen (secondary N) is 1. The summed E-state index contributed by atoms with van der Waals surface area (Å²) in [6.07, 6.45) is 2.50. The maximum Gasteiger partial charge on any atom is 0.263 e. The standard InChI is InChI=1S/C11H16N2O2S/c1-7-10(16-6-13-7)11(15)12-5-8-2-3-9(14)4-8/h6,8-9,14H,2-5H2,1H3,(H,12,15). The van der Waals surface area contributed by atoms with Gasteiger partial charge in [-0.2, -0.15) is 0 Å². The zero-order valence-corrected chi connectivity index (χ0v) is 10.1. The van der Waals surface area contributed by atoms with Gasteiger partial charge in [-0.1, -0.05) is 0 Å². The van der Waals surface area contributed by atoms with E-state index in [-0.39, 0.29) is 12.0 Å². The van der Waals surface area contributed by atoms with Gasteiger partial charge in [-0.25, -0.2) is 4.98 Å². The summed E-state index contributed by atoms with van der Waals surface area (Å²) in [5, 5.41) is 12.3. The van der Waals surface area contributed by atoms with Crippen molar-refractivity contribution in [3.05, 3.63) is 16.1 Å². The molecule has 1 aliphatic carbocycles. The molecule has 0 bridgehead atoms. The quantitative estimate of drug-likeness (QED) is 0.838. The van der Waals surface area contributed by atoms with Crippen molar-refractivity contribution in [2.75, 3.05) is 6.54 Å². The fraction of sp³-hybridized carbons (Fsp3) is 0.636. The second-order valence-electron chi connectivity index (χ2n) is 4.31. The Kier molecular flexibility index (Phi) is 3.56. The molecule has 4 nitrogen and oxygen atoms in total. The first-order valence-electron chi connectivity index (χ1n) is 5.53. The number of thiazole rings is 1. The molecule has 0 spiro atoms. The van der Waals surface area contributed by atoms with Crippen molar-refractivity contribution in [1.29, 1.82) is 0 Å². The molecule has 1 aromatic heterocycles. The molecular weight excluding hydrogens is 224 g/mol. The minimum Gasteiger partial charge on any atom is -0.393 e. The number of carbonyl (C=O) groups excluding carboxylic acids is 1. The van der Waals surface area contributed by atoms with Crippen LogP contribution in [0, 0.1) is 12.8 Å². The average Bonchev–Trinajstić information content (AvgIpc) is 2.84. The van der Waals surface area contributed by atoms with Crippen LogP contribution in [0.25, 0.3) is 0 Å². The molecule has 1 aromatic rings. The maximum atomic E-state index is 11.8. The van der Waals surface area contributed by atoms with Gasteiger partial charge in [0.15, 0.2) is 0 Å². The Morgan fingerprint density at radius 1 is 1.69 bits per heavy atom. The molecule has 1 aliphatic rings. The third-order valence-corrected chi connectivity index (χ3v) is 3.94. The van der Waals surface area contributed by atoms with Gasteiger partial charge in [0.1, 0.15) is 4.88 Å². The topological polar surface area (TPSA) is 62.2 Å². The van der Waals surface area contributed by atoms with E-state index in [0.717, 1.165) is 25.0 Å². The minimum absolute atomic E-state index is 0.0404. The van der Waals surface area contributed by atoms with Crippen molar-refractivity contribution in [3.8, 4) is 0 Å². The first-order valence-corrected chi connectivity index (χ1v) is 6.41.